The van der Waals surface area contributed by atoms with E-state index in [2.05, 4.69) is 5.32 Å². The maximum absolute atomic E-state index is 13.5. The van der Waals surface area contributed by atoms with Gasteiger partial charge in [-0.05, 0) is 18.2 Å². The minimum Gasteiger partial charge on any atom is -0.478 e. The third-order valence-corrected chi connectivity index (χ3v) is 2.67. The van der Waals surface area contributed by atoms with Crippen LogP contribution >= 0.6 is 0 Å². The van der Waals surface area contributed by atoms with Crippen LogP contribution in [0.3, 0.4) is 0 Å². The van der Waals surface area contributed by atoms with Crippen molar-refractivity contribution in [3.8, 4) is 0 Å². The smallest absolute Gasteiger partial charge is 0.335 e. The molecule has 0 radical (unpaired) electrons. The molecule has 8 heteroatoms. The standard InChI is InChI=1S/C13H8F4N2O2/c14-6-4-7(15)11(17)12(10(6)16)19-9-3-5(13(20)21)1-2-8(9)18/h1-4,19H,18H2,(H,20,21). The Morgan fingerprint density at radius 3 is 2.14 bits per heavy atom. The number of rotatable bonds is 3. The highest BCUT2D eigenvalue weighted by Crippen LogP contribution is 2.30. The molecule has 0 spiro atoms. The number of benzene rings is 2. The molecule has 2 aromatic carbocycles. The summed E-state index contributed by atoms with van der Waals surface area (Å²) < 4.78 is 53.2. The molecule has 21 heavy (non-hydrogen) atoms. The summed E-state index contributed by atoms with van der Waals surface area (Å²) >= 11 is 0. The molecule has 0 bridgehead atoms. The first-order chi connectivity index (χ1) is 9.81. The Labute approximate surface area is 115 Å². The first-order valence-electron chi connectivity index (χ1n) is 5.54. The van der Waals surface area contributed by atoms with Crippen LogP contribution in [0.1, 0.15) is 10.4 Å². The van der Waals surface area contributed by atoms with Crippen molar-refractivity contribution in [2.75, 3.05) is 11.1 Å². The van der Waals surface area contributed by atoms with E-state index >= 15 is 0 Å². The van der Waals surface area contributed by atoms with E-state index in [-0.39, 0.29) is 23.0 Å². The predicted molar refractivity (Wildman–Crippen MR) is 67.4 cm³/mol. The maximum Gasteiger partial charge on any atom is 0.335 e. The quantitative estimate of drug-likeness (QED) is 0.462. The fourth-order valence-electron chi connectivity index (χ4n) is 1.62. The van der Waals surface area contributed by atoms with Gasteiger partial charge in [-0.15, -0.1) is 0 Å². The van der Waals surface area contributed by atoms with Gasteiger partial charge in [-0.3, -0.25) is 0 Å². The number of aromatic carboxylic acids is 1. The van der Waals surface area contributed by atoms with Crippen LogP contribution in [0.15, 0.2) is 24.3 Å². The number of hydrogen-bond acceptors (Lipinski definition) is 3. The van der Waals surface area contributed by atoms with E-state index < -0.39 is 34.9 Å². The van der Waals surface area contributed by atoms with Gasteiger partial charge in [0.25, 0.3) is 0 Å². The van der Waals surface area contributed by atoms with Gasteiger partial charge in [0, 0.05) is 6.07 Å². The highest BCUT2D eigenvalue weighted by Gasteiger charge is 2.20. The third-order valence-electron chi connectivity index (χ3n) is 2.67. The molecule has 2 rings (SSSR count). The van der Waals surface area contributed by atoms with Crippen LogP contribution in [0, 0.1) is 23.3 Å². The van der Waals surface area contributed by atoms with Crippen LogP contribution in [0.2, 0.25) is 0 Å². The first kappa shape index (κ1) is 14.6. The van der Waals surface area contributed by atoms with Crippen molar-refractivity contribution in [1.82, 2.24) is 0 Å². The molecule has 0 atom stereocenters. The summed E-state index contributed by atoms with van der Waals surface area (Å²) in [5.41, 5.74) is 3.96. The fourth-order valence-corrected chi connectivity index (χ4v) is 1.62. The van der Waals surface area contributed by atoms with Gasteiger partial charge in [-0.2, -0.15) is 0 Å². The zero-order valence-electron chi connectivity index (χ0n) is 10.3. The molecule has 0 fully saturated rings. The lowest BCUT2D eigenvalue weighted by Crippen LogP contribution is -2.06. The summed E-state index contributed by atoms with van der Waals surface area (Å²) in [6, 6.07) is 3.39. The van der Waals surface area contributed by atoms with Gasteiger partial charge in [0.05, 0.1) is 16.9 Å². The molecule has 110 valence electrons. The molecule has 0 amide bonds. The SMILES string of the molecule is Nc1ccc(C(=O)O)cc1Nc1c(F)c(F)cc(F)c1F. The van der Waals surface area contributed by atoms with Crippen molar-refractivity contribution in [3.63, 3.8) is 0 Å². The van der Waals surface area contributed by atoms with Crippen LogP contribution in [-0.2, 0) is 0 Å². The number of nitrogens with two attached hydrogens (primary N) is 1. The van der Waals surface area contributed by atoms with E-state index in [1.807, 2.05) is 0 Å². The molecule has 0 aliphatic heterocycles. The van der Waals surface area contributed by atoms with Gasteiger partial charge in [-0.1, -0.05) is 0 Å². The maximum atomic E-state index is 13.5. The van der Waals surface area contributed by atoms with Gasteiger partial charge in [-0.25, -0.2) is 22.4 Å². The van der Waals surface area contributed by atoms with Crippen LogP contribution in [0.25, 0.3) is 0 Å². The highest BCUT2D eigenvalue weighted by atomic mass is 19.2. The lowest BCUT2D eigenvalue weighted by atomic mass is 10.1. The second-order valence-electron chi connectivity index (χ2n) is 4.08. The van der Waals surface area contributed by atoms with Crippen molar-refractivity contribution in [2.45, 2.75) is 0 Å². The first-order valence-corrected chi connectivity index (χ1v) is 5.54. The Balaban J connectivity index is 2.53. The van der Waals surface area contributed by atoms with Crippen LogP contribution in [0.5, 0.6) is 0 Å². The van der Waals surface area contributed by atoms with Gasteiger partial charge in [0.2, 0.25) is 0 Å². The average molecular weight is 300 g/mol. The number of hydrogen-bond donors (Lipinski definition) is 3. The number of anilines is 3. The number of carboxylic acid groups (broad SMARTS) is 1. The van der Waals surface area contributed by atoms with Gasteiger partial charge in [0.15, 0.2) is 23.3 Å². The van der Waals surface area contributed by atoms with E-state index in [9.17, 15) is 22.4 Å². The molecule has 0 aliphatic rings. The minimum absolute atomic E-state index is 0.0523. The molecule has 0 saturated heterocycles. The lowest BCUT2D eigenvalue weighted by Gasteiger charge is -2.12. The van der Waals surface area contributed by atoms with Crippen molar-refractivity contribution >= 4 is 23.0 Å². The summed E-state index contributed by atoms with van der Waals surface area (Å²) in [6.07, 6.45) is 0. The number of halogens is 4. The Bertz CT molecular complexity index is 708. The normalized spacial score (nSPS) is 10.5. The van der Waals surface area contributed by atoms with Gasteiger partial charge in [0.1, 0.15) is 5.69 Å². The summed E-state index contributed by atoms with van der Waals surface area (Å²) in [5, 5.41) is 10.9. The molecule has 2 aromatic rings. The van der Waals surface area contributed by atoms with Crippen molar-refractivity contribution in [1.29, 1.82) is 0 Å². The Kier molecular flexibility index (Phi) is 3.70. The van der Waals surface area contributed by atoms with Crippen molar-refractivity contribution in [2.24, 2.45) is 0 Å². The van der Waals surface area contributed by atoms with Gasteiger partial charge < -0.3 is 16.2 Å². The molecule has 0 aliphatic carbocycles. The predicted octanol–water partition coefficient (Wildman–Crippen LogP) is 3.27. The zero-order valence-corrected chi connectivity index (χ0v) is 10.3. The summed E-state index contributed by atoms with van der Waals surface area (Å²) in [7, 11) is 0. The Hall–Kier alpha value is -2.77. The Morgan fingerprint density at radius 1 is 1.05 bits per heavy atom. The van der Waals surface area contributed by atoms with Crippen LogP contribution < -0.4 is 11.1 Å². The molecule has 0 heterocycles. The molecule has 0 unspecified atom stereocenters. The van der Waals surface area contributed by atoms with Crippen LogP contribution in [-0.4, -0.2) is 11.1 Å². The van der Waals surface area contributed by atoms with E-state index in [0.717, 1.165) is 6.07 Å². The number of carbonyl (C=O) groups is 1. The summed E-state index contributed by atoms with van der Waals surface area (Å²) in [5.74, 6) is -7.78. The average Bonchev–Trinajstić information content (AvgIpc) is 2.43. The van der Waals surface area contributed by atoms with E-state index in [1.54, 1.807) is 0 Å². The molecule has 0 aromatic heterocycles. The lowest BCUT2D eigenvalue weighted by molar-refractivity contribution is 0.0697. The van der Waals surface area contributed by atoms with Gasteiger partial charge >= 0.3 is 5.97 Å². The molecular formula is C13H8F4N2O2. The molecule has 0 saturated carbocycles. The third kappa shape index (κ3) is 2.73. The molecule has 4 N–H and O–H groups in total. The number of carboxylic acids is 1. The molecule has 4 nitrogen and oxygen atoms in total. The summed E-state index contributed by atoms with van der Waals surface area (Å²) in [4.78, 5) is 10.8. The fraction of sp³-hybridized carbons (Fsp3) is 0. The highest BCUT2D eigenvalue weighted by molar-refractivity contribution is 5.91. The van der Waals surface area contributed by atoms with Crippen molar-refractivity contribution < 1.29 is 27.5 Å². The number of nitrogens with one attached hydrogen (secondary N) is 1. The van der Waals surface area contributed by atoms with E-state index in [0.29, 0.717) is 0 Å². The number of nitrogen functional groups attached to an aromatic ring is 1. The van der Waals surface area contributed by atoms with Crippen molar-refractivity contribution in [3.05, 3.63) is 53.1 Å². The molecular weight excluding hydrogens is 292 g/mol. The largest absolute Gasteiger partial charge is 0.478 e. The topological polar surface area (TPSA) is 75.4 Å². The zero-order chi connectivity index (χ0) is 15.7. The van der Waals surface area contributed by atoms with E-state index in [1.165, 1.54) is 12.1 Å². The minimum atomic E-state index is -1.64. The van der Waals surface area contributed by atoms with Crippen LogP contribution in [0.4, 0.5) is 34.6 Å². The summed E-state index contributed by atoms with van der Waals surface area (Å²) in [6.45, 7) is 0. The monoisotopic (exact) mass is 300 g/mol. The second kappa shape index (κ2) is 5.31. The second-order valence-corrected chi connectivity index (χ2v) is 4.08. The van der Waals surface area contributed by atoms with E-state index in [4.69, 9.17) is 10.8 Å². The Morgan fingerprint density at radius 2 is 1.62 bits per heavy atom.